The molecule has 1 N–H and O–H groups in total. The first kappa shape index (κ1) is 22.7. The van der Waals surface area contributed by atoms with Gasteiger partial charge in [-0.05, 0) is 35.6 Å². The Balaban J connectivity index is 1.38. The van der Waals surface area contributed by atoms with Crippen LogP contribution in [0.4, 0.5) is 10.9 Å². The molecule has 0 aromatic carbocycles. The summed E-state index contributed by atoms with van der Waals surface area (Å²) in [5.41, 5.74) is 1.13. The molecule has 1 saturated heterocycles. The third kappa shape index (κ3) is 5.64. The zero-order chi connectivity index (χ0) is 22.5. The van der Waals surface area contributed by atoms with E-state index in [4.69, 9.17) is 16.3 Å². The van der Waals surface area contributed by atoms with E-state index in [9.17, 15) is 9.35 Å². The van der Waals surface area contributed by atoms with Crippen molar-refractivity contribution in [3.63, 3.8) is 0 Å². The molecule has 1 amide bonds. The number of rotatable bonds is 7. The first-order valence-electron chi connectivity index (χ1n) is 9.66. The molecule has 1 fully saturated rings. The number of halogens is 1. The van der Waals surface area contributed by atoms with Crippen LogP contribution in [0.1, 0.15) is 16.1 Å². The van der Waals surface area contributed by atoms with Crippen LogP contribution < -0.4 is 15.0 Å². The first-order chi connectivity index (χ1) is 15.5. The average Bonchev–Trinajstić information content (AvgIpc) is 3.26. The second kappa shape index (κ2) is 10.4. The van der Waals surface area contributed by atoms with Crippen LogP contribution in [0.15, 0.2) is 36.7 Å². The molecule has 1 atom stereocenters. The van der Waals surface area contributed by atoms with Crippen molar-refractivity contribution in [1.29, 1.82) is 0 Å². The number of nitrogens with zero attached hydrogens (tertiary/aromatic N) is 6. The second-order valence-electron chi connectivity index (χ2n) is 6.80. The fourth-order valence-electron chi connectivity index (χ4n) is 3.09. The number of hydrogen-bond donors (Lipinski definition) is 1. The number of pyridine rings is 2. The average molecular weight is 494 g/mol. The molecule has 0 radical (unpaired) electrons. The molecule has 1 aliphatic rings. The summed E-state index contributed by atoms with van der Waals surface area (Å²) < 4.78 is 19.1. The number of carbonyl (C=O) groups excluding carboxylic acids is 1. The van der Waals surface area contributed by atoms with E-state index in [-0.39, 0.29) is 12.5 Å². The van der Waals surface area contributed by atoms with E-state index < -0.39 is 11.4 Å². The maximum Gasteiger partial charge on any atom is 0.296 e. The summed E-state index contributed by atoms with van der Waals surface area (Å²) in [4.78, 5) is 23.5. The van der Waals surface area contributed by atoms with Gasteiger partial charge in [0.1, 0.15) is 18.7 Å². The molecule has 0 bridgehead atoms. The van der Waals surface area contributed by atoms with Gasteiger partial charge in [0.05, 0.1) is 29.4 Å². The summed E-state index contributed by atoms with van der Waals surface area (Å²) in [7, 11) is 0. The summed E-state index contributed by atoms with van der Waals surface area (Å²) in [6, 6.07) is 6.91. The molecule has 0 aliphatic carbocycles. The normalized spacial score (nSPS) is 15.4. The van der Waals surface area contributed by atoms with Gasteiger partial charge in [-0.25, -0.2) is 4.98 Å². The number of carbonyl (C=O) groups is 1. The van der Waals surface area contributed by atoms with Crippen LogP contribution in [-0.4, -0.2) is 67.4 Å². The Kier molecular flexibility index (Phi) is 7.37. The van der Waals surface area contributed by atoms with Crippen molar-refractivity contribution in [1.82, 2.24) is 24.5 Å². The molecule has 32 heavy (non-hydrogen) atoms. The number of amides is 1. The lowest BCUT2D eigenvalue weighted by Gasteiger charge is -2.34. The summed E-state index contributed by atoms with van der Waals surface area (Å²) in [5.74, 6) is 0.248. The molecule has 0 saturated carbocycles. The van der Waals surface area contributed by atoms with E-state index >= 15 is 0 Å². The van der Waals surface area contributed by atoms with Gasteiger partial charge in [-0.2, -0.15) is 0 Å². The molecule has 13 heteroatoms. The van der Waals surface area contributed by atoms with Crippen LogP contribution in [0.5, 0.6) is 5.19 Å². The molecule has 168 valence electrons. The predicted octanol–water partition coefficient (Wildman–Crippen LogP) is 2.23. The molecular weight excluding hydrogens is 474 g/mol. The molecule has 0 spiro atoms. The number of piperazine rings is 1. The van der Waals surface area contributed by atoms with Gasteiger partial charge in [0.2, 0.25) is 5.13 Å². The molecule has 3 aromatic rings. The van der Waals surface area contributed by atoms with E-state index in [2.05, 4.69) is 25.5 Å². The van der Waals surface area contributed by atoms with Gasteiger partial charge in [0.25, 0.3) is 11.1 Å². The number of aromatic nitrogens is 4. The van der Waals surface area contributed by atoms with Crippen molar-refractivity contribution in [3.05, 3.63) is 52.9 Å². The Morgan fingerprint density at radius 3 is 2.78 bits per heavy atom. The van der Waals surface area contributed by atoms with Gasteiger partial charge >= 0.3 is 0 Å². The Labute approximate surface area is 196 Å². The molecule has 3 aromatic heterocycles. The SMILES string of the molecule is C[S+]([O-])N1CCN(c2ncccc2C(=O)Nc2nnc(OCc3ccc(Cl)cn3)s2)CC1. The number of anilines is 2. The zero-order valence-electron chi connectivity index (χ0n) is 17.1. The van der Waals surface area contributed by atoms with Crippen molar-refractivity contribution in [3.8, 4) is 5.19 Å². The van der Waals surface area contributed by atoms with E-state index in [1.165, 1.54) is 0 Å². The highest BCUT2D eigenvalue weighted by Gasteiger charge is 2.26. The third-order valence-corrected chi connectivity index (χ3v) is 6.76. The summed E-state index contributed by atoms with van der Waals surface area (Å²) in [6.45, 7) is 2.75. The number of hydrogen-bond acceptors (Lipinski definition) is 10. The van der Waals surface area contributed by atoms with Crippen molar-refractivity contribution in [2.45, 2.75) is 6.61 Å². The van der Waals surface area contributed by atoms with Crippen molar-refractivity contribution < 1.29 is 14.1 Å². The standard InChI is InChI=1S/C19H20ClN7O3S2/c1-32(29)27-9-7-26(8-10-27)16-15(3-2-6-21-16)17(28)23-18-24-25-19(31-18)30-12-14-5-4-13(20)11-22-14/h2-6,11H,7-10,12H2,1H3,(H,23,24,28). The van der Waals surface area contributed by atoms with Gasteiger partial charge < -0.3 is 14.2 Å². The Hall–Kier alpha value is -2.51. The largest absolute Gasteiger partial charge is 0.598 e. The van der Waals surface area contributed by atoms with Gasteiger partial charge in [0, 0.05) is 36.8 Å². The predicted molar refractivity (Wildman–Crippen MR) is 124 cm³/mol. The molecule has 4 heterocycles. The molecule has 1 unspecified atom stereocenters. The Morgan fingerprint density at radius 1 is 1.25 bits per heavy atom. The van der Waals surface area contributed by atoms with Crippen LogP contribution in [0, 0.1) is 0 Å². The summed E-state index contributed by atoms with van der Waals surface area (Å²) in [5, 5.41) is 11.9. The van der Waals surface area contributed by atoms with Gasteiger partial charge in [-0.1, -0.05) is 16.7 Å². The van der Waals surface area contributed by atoms with Crippen molar-refractivity contribution in [2.24, 2.45) is 0 Å². The van der Waals surface area contributed by atoms with E-state index in [1.807, 2.05) is 9.21 Å². The lowest BCUT2D eigenvalue weighted by molar-refractivity contribution is 0.102. The molecule has 1 aliphatic heterocycles. The van der Waals surface area contributed by atoms with Crippen LogP contribution >= 0.6 is 22.9 Å². The fourth-order valence-corrected chi connectivity index (χ4v) is 4.47. The third-order valence-electron chi connectivity index (χ3n) is 4.69. The monoisotopic (exact) mass is 493 g/mol. The van der Waals surface area contributed by atoms with E-state index in [0.29, 0.717) is 58.6 Å². The lowest BCUT2D eigenvalue weighted by Crippen LogP contribution is -2.49. The van der Waals surface area contributed by atoms with Gasteiger partial charge in [0.15, 0.2) is 0 Å². The topological polar surface area (TPSA) is 119 Å². The number of ether oxygens (including phenoxy) is 1. The quantitative estimate of drug-likeness (QED) is 0.494. The first-order valence-corrected chi connectivity index (χ1v) is 12.4. The summed E-state index contributed by atoms with van der Waals surface area (Å²) >= 11 is 5.94. The van der Waals surface area contributed by atoms with Crippen LogP contribution in [-0.2, 0) is 18.0 Å². The van der Waals surface area contributed by atoms with Gasteiger partial charge in [-0.15, -0.1) is 9.40 Å². The van der Waals surface area contributed by atoms with Crippen molar-refractivity contribution >= 4 is 51.2 Å². The van der Waals surface area contributed by atoms with Crippen LogP contribution in [0.3, 0.4) is 0 Å². The lowest BCUT2D eigenvalue weighted by atomic mass is 10.2. The summed E-state index contributed by atoms with van der Waals surface area (Å²) in [6.07, 6.45) is 4.86. The Morgan fingerprint density at radius 2 is 2.06 bits per heavy atom. The van der Waals surface area contributed by atoms with Crippen LogP contribution in [0.2, 0.25) is 5.02 Å². The maximum atomic E-state index is 12.9. The minimum atomic E-state index is -1.01. The molecule has 4 rings (SSSR count). The fraction of sp³-hybridized carbons (Fsp3) is 0.316. The maximum absolute atomic E-state index is 12.9. The smallest absolute Gasteiger partial charge is 0.296 e. The minimum absolute atomic E-state index is 0.209. The minimum Gasteiger partial charge on any atom is -0.598 e. The van der Waals surface area contributed by atoms with Gasteiger partial charge in [-0.3, -0.25) is 15.1 Å². The number of nitrogens with one attached hydrogen (secondary N) is 1. The zero-order valence-corrected chi connectivity index (χ0v) is 19.5. The highest BCUT2D eigenvalue weighted by molar-refractivity contribution is 7.88. The Bertz CT molecular complexity index is 1060. The van der Waals surface area contributed by atoms with Crippen LogP contribution in [0.25, 0.3) is 0 Å². The molecular formula is C19H20ClN7O3S2. The highest BCUT2D eigenvalue weighted by atomic mass is 35.5. The molecule has 10 nitrogen and oxygen atoms in total. The van der Waals surface area contributed by atoms with E-state index in [0.717, 1.165) is 11.3 Å². The van der Waals surface area contributed by atoms with Crippen molar-refractivity contribution in [2.75, 3.05) is 42.7 Å². The van der Waals surface area contributed by atoms with E-state index in [1.54, 1.807) is 42.9 Å². The second-order valence-corrected chi connectivity index (χ2v) is 9.54. The highest BCUT2D eigenvalue weighted by Crippen LogP contribution is 2.25.